The summed E-state index contributed by atoms with van der Waals surface area (Å²) in [6.07, 6.45) is 3.93. The number of hydrogen-bond acceptors (Lipinski definition) is 4. The Kier molecular flexibility index (Phi) is 10.1. The number of ether oxygens (including phenoxy) is 1. The number of methoxy groups -OCH3 is 1. The lowest BCUT2D eigenvalue weighted by Gasteiger charge is -2.27. The molecular formula is C20H31IN4OS. The molecule has 0 aliphatic rings. The normalized spacial score (nSPS) is 11.7. The van der Waals surface area contributed by atoms with Crippen LogP contribution >= 0.6 is 35.3 Å². The third-order valence-electron chi connectivity index (χ3n) is 4.35. The average Bonchev–Trinajstić information content (AvgIpc) is 3.12. The fourth-order valence-corrected chi connectivity index (χ4v) is 3.45. The molecule has 150 valence electrons. The van der Waals surface area contributed by atoms with E-state index >= 15 is 0 Å². The summed E-state index contributed by atoms with van der Waals surface area (Å²) in [7, 11) is 3.49. The quantitative estimate of drug-likeness (QED) is 0.325. The van der Waals surface area contributed by atoms with Gasteiger partial charge in [-0.1, -0.05) is 32.9 Å². The molecule has 0 aliphatic heterocycles. The Labute approximate surface area is 184 Å². The molecule has 0 spiro atoms. The van der Waals surface area contributed by atoms with Gasteiger partial charge in [-0.05, 0) is 24.1 Å². The standard InChI is InChI=1S/C20H30N4OS.HI/c1-6-17-13-23-18(26-17)10-11-22-19(21-4)24-14-20(2,3)15-8-7-9-16(12-15)25-5;/h7-9,12-13H,6,10-11,14H2,1-5H3,(H2,21,22,24);1H. The zero-order valence-electron chi connectivity index (χ0n) is 16.8. The Morgan fingerprint density at radius 1 is 1.30 bits per heavy atom. The third-order valence-corrected chi connectivity index (χ3v) is 5.56. The first-order valence-corrected chi connectivity index (χ1v) is 9.82. The van der Waals surface area contributed by atoms with Gasteiger partial charge in [-0.15, -0.1) is 35.3 Å². The molecule has 0 saturated heterocycles. The van der Waals surface area contributed by atoms with Crippen LogP contribution in [0.5, 0.6) is 5.75 Å². The highest BCUT2D eigenvalue weighted by Gasteiger charge is 2.21. The highest BCUT2D eigenvalue weighted by molar-refractivity contribution is 14.0. The molecule has 5 nitrogen and oxygen atoms in total. The van der Waals surface area contributed by atoms with Gasteiger partial charge in [0.15, 0.2) is 5.96 Å². The molecule has 0 radical (unpaired) electrons. The molecule has 2 rings (SSSR count). The number of thiazole rings is 1. The van der Waals surface area contributed by atoms with E-state index in [1.165, 1.54) is 15.4 Å². The van der Waals surface area contributed by atoms with Crippen LogP contribution in [0.15, 0.2) is 35.5 Å². The van der Waals surface area contributed by atoms with Crippen LogP contribution in [0.4, 0.5) is 0 Å². The second-order valence-electron chi connectivity index (χ2n) is 6.79. The van der Waals surface area contributed by atoms with Crippen LogP contribution in [0.2, 0.25) is 0 Å². The van der Waals surface area contributed by atoms with Gasteiger partial charge in [0.25, 0.3) is 0 Å². The van der Waals surface area contributed by atoms with Crippen LogP contribution in [0.1, 0.15) is 36.2 Å². The van der Waals surface area contributed by atoms with E-state index in [4.69, 9.17) is 4.74 Å². The molecule has 27 heavy (non-hydrogen) atoms. The van der Waals surface area contributed by atoms with Crippen LogP contribution in [0, 0.1) is 0 Å². The molecule has 0 saturated carbocycles. The lowest BCUT2D eigenvalue weighted by Crippen LogP contribution is -2.44. The molecule has 1 heterocycles. The van der Waals surface area contributed by atoms with Gasteiger partial charge in [-0.2, -0.15) is 0 Å². The predicted octanol–water partition coefficient (Wildman–Crippen LogP) is 4.02. The summed E-state index contributed by atoms with van der Waals surface area (Å²) in [5.74, 6) is 1.70. The SMILES string of the molecule is CCc1cnc(CCNC(=NC)NCC(C)(C)c2cccc(OC)c2)s1.I. The van der Waals surface area contributed by atoms with Crippen molar-refractivity contribution in [1.29, 1.82) is 0 Å². The predicted molar refractivity (Wildman–Crippen MR) is 126 cm³/mol. The Hall–Kier alpha value is -1.35. The summed E-state index contributed by atoms with van der Waals surface area (Å²) in [5, 5.41) is 7.97. The summed E-state index contributed by atoms with van der Waals surface area (Å²) in [6, 6.07) is 8.22. The Bertz CT molecular complexity index is 730. The molecule has 0 bridgehead atoms. The van der Waals surface area contributed by atoms with Crippen molar-refractivity contribution in [3.05, 3.63) is 45.9 Å². The Morgan fingerprint density at radius 2 is 2.07 bits per heavy atom. The summed E-state index contributed by atoms with van der Waals surface area (Å²) in [6.45, 7) is 8.17. The van der Waals surface area contributed by atoms with Crippen molar-refractivity contribution < 1.29 is 4.74 Å². The molecular weight excluding hydrogens is 471 g/mol. The maximum atomic E-state index is 5.34. The number of nitrogens with one attached hydrogen (secondary N) is 2. The highest BCUT2D eigenvalue weighted by atomic mass is 127. The first-order valence-electron chi connectivity index (χ1n) is 9.01. The monoisotopic (exact) mass is 502 g/mol. The number of aryl methyl sites for hydroxylation is 1. The molecule has 1 aromatic carbocycles. The second kappa shape index (κ2) is 11.5. The molecule has 0 fully saturated rings. The van der Waals surface area contributed by atoms with Crippen molar-refractivity contribution in [3.63, 3.8) is 0 Å². The van der Waals surface area contributed by atoms with Gasteiger partial charge >= 0.3 is 0 Å². The van der Waals surface area contributed by atoms with Gasteiger partial charge in [0.05, 0.1) is 12.1 Å². The lowest BCUT2D eigenvalue weighted by molar-refractivity contribution is 0.411. The maximum Gasteiger partial charge on any atom is 0.191 e. The smallest absolute Gasteiger partial charge is 0.191 e. The van der Waals surface area contributed by atoms with E-state index in [-0.39, 0.29) is 29.4 Å². The largest absolute Gasteiger partial charge is 0.497 e. The van der Waals surface area contributed by atoms with E-state index in [0.29, 0.717) is 0 Å². The number of nitrogens with zero attached hydrogens (tertiary/aromatic N) is 2. The van der Waals surface area contributed by atoms with Crippen molar-refractivity contribution >= 4 is 41.3 Å². The Morgan fingerprint density at radius 3 is 2.70 bits per heavy atom. The molecule has 7 heteroatoms. The molecule has 2 N–H and O–H groups in total. The molecule has 0 unspecified atom stereocenters. The number of guanidine groups is 1. The Balaban J connectivity index is 0.00000364. The van der Waals surface area contributed by atoms with Crippen molar-refractivity contribution in [2.45, 2.75) is 39.0 Å². The number of benzene rings is 1. The van der Waals surface area contributed by atoms with E-state index < -0.39 is 0 Å². The fraction of sp³-hybridized carbons (Fsp3) is 0.500. The van der Waals surface area contributed by atoms with Crippen LogP contribution in [-0.2, 0) is 18.3 Å². The maximum absolute atomic E-state index is 5.34. The number of halogens is 1. The number of aromatic nitrogens is 1. The topological polar surface area (TPSA) is 58.5 Å². The van der Waals surface area contributed by atoms with E-state index in [2.05, 4.69) is 53.5 Å². The minimum absolute atomic E-state index is 0. The summed E-state index contributed by atoms with van der Waals surface area (Å²) < 4.78 is 5.34. The number of aliphatic imine (C=N–C) groups is 1. The second-order valence-corrected chi connectivity index (χ2v) is 7.99. The lowest BCUT2D eigenvalue weighted by atomic mass is 9.84. The third kappa shape index (κ3) is 7.29. The van der Waals surface area contributed by atoms with E-state index in [1.54, 1.807) is 25.5 Å². The van der Waals surface area contributed by atoms with Gasteiger partial charge in [0.2, 0.25) is 0 Å². The van der Waals surface area contributed by atoms with Gasteiger partial charge in [0.1, 0.15) is 5.75 Å². The number of rotatable bonds is 8. The van der Waals surface area contributed by atoms with Crippen LogP contribution in [0.25, 0.3) is 0 Å². The van der Waals surface area contributed by atoms with Gasteiger partial charge in [-0.3, -0.25) is 4.99 Å². The average molecular weight is 502 g/mol. The first kappa shape index (κ1) is 23.7. The van der Waals surface area contributed by atoms with Crippen LogP contribution in [-0.4, -0.2) is 38.2 Å². The van der Waals surface area contributed by atoms with Crippen molar-refractivity contribution in [3.8, 4) is 5.75 Å². The van der Waals surface area contributed by atoms with Crippen molar-refractivity contribution in [2.75, 3.05) is 27.2 Å². The summed E-state index contributed by atoms with van der Waals surface area (Å²) in [5.41, 5.74) is 1.19. The van der Waals surface area contributed by atoms with Gasteiger partial charge in [0, 0.05) is 43.0 Å². The van der Waals surface area contributed by atoms with E-state index in [0.717, 1.165) is 37.6 Å². The van der Waals surface area contributed by atoms with Crippen molar-refractivity contribution in [2.24, 2.45) is 4.99 Å². The molecule has 0 amide bonds. The summed E-state index contributed by atoms with van der Waals surface area (Å²) >= 11 is 1.79. The minimum atomic E-state index is -0.0442. The zero-order chi connectivity index (χ0) is 19.0. The first-order chi connectivity index (χ1) is 12.5. The number of hydrogen-bond donors (Lipinski definition) is 2. The minimum Gasteiger partial charge on any atom is -0.497 e. The highest BCUT2D eigenvalue weighted by Crippen LogP contribution is 2.25. The molecule has 1 aromatic heterocycles. The molecule has 0 atom stereocenters. The van der Waals surface area contributed by atoms with Crippen LogP contribution in [0.3, 0.4) is 0 Å². The zero-order valence-corrected chi connectivity index (χ0v) is 20.0. The molecule has 2 aromatic rings. The molecule has 0 aliphatic carbocycles. The van der Waals surface area contributed by atoms with Gasteiger partial charge in [-0.25, -0.2) is 4.98 Å². The van der Waals surface area contributed by atoms with E-state index in [9.17, 15) is 0 Å². The van der Waals surface area contributed by atoms with E-state index in [1.807, 2.05) is 18.3 Å². The summed E-state index contributed by atoms with van der Waals surface area (Å²) in [4.78, 5) is 10.1. The fourth-order valence-electron chi connectivity index (χ4n) is 2.59. The van der Waals surface area contributed by atoms with Gasteiger partial charge < -0.3 is 15.4 Å². The van der Waals surface area contributed by atoms with Crippen molar-refractivity contribution in [1.82, 2.24) is 15.6 Å². The van der Waals surface area contributed by atoms with Crippen LogP contribution < -0.4 is 15.4 Å².